The van der Waals surface area contributed by atoms with Gasteiger partial charge in [-0.1, -0.05) is 43.3 Å². The Bertz CT molecular complexity index is 610. The van der Waals surface area contributed by atoms with Crippen LogP contribution in [0.3, 0.4) is 0 Å². The number of sulfone groups is 1. The van der Waals surface area contributed by atoms with Crippen molar-refractivity contribution in [2.75, 3.05) is 12.3 Å². The third kappa shape index (κ3) is 4.99. The SMILES string of the molecule is CC(CNC1C=CS(=O)(=O)C1)C(=O)OCc1ccccc1. The van der Waals surface area contributed by atoms with Crippen molar-refractivity contribution in [1.29, 1.82) is 0 Å². The first kappa shape index (κ1) is 15.7. The van der Waals surface area contributed by atoms with E-state index in [9.17, 15) is 13.2 Å². The summed E-state index contributed by atoms with van der Waals surface area (Å²) in [7, 11) is -3.07. The monoisotopic (exact) mass is 309 g/mol. The van der Waals surface area contributed by atoms with Crippen molar-refractivity contribution >= 4 is 15.8 Å². The van der Waals surface area contributed by atoms with Gasteiger partial charge in [0.2, 0.25) is 0 Å². The molecule has 0 spiro atoms. The molecule has 0 amide bonds. The summed E-state index contributed by atoms with van der Waals surface area (Å²) in [5.74, 6) is -0.569. The van der Waals surface area contributed by atoms with Crippen molar-refractivity contribution < 1.29 is 17.9 Å². The first-order valence-corrected chi connectivity index (χ1v) is 8.53. The zero-order chi connectivity index (χ0) is 15.3. The van der Waals surface area contributed by atoms with Crippen LogP contribution in [0, 0.1) is 5.92 Å². The highest BCUT2D eigenvalue weighted by molar-refractivity contribution is 7.94. The fourth-order valence-electron chi connectivity index (χ4n) is 1.99. The van der Waals surface area contributed by atoms with E-state index in [-0.39, 0.29) is 30.3 Å². The molecule has 1 aliphatic rings. The Balaban J connectivity index is 1.72. The van der Waals surface area contributed by atoms with Gasteiger partial charge in [0.15, 0.2) is 9.84 Å². The highest BCUT2D eigenvalue weighted by Crippen LogP contribution is 2.09. The van der Waals surface area contributed by atoms with E-state index in [2.05, 4.69) is 5.32 Å². The zero-order valence-corrected chi connectivity index (χ0v) is 12.7. The molecule has 1 aliphatic heterocycles. The molecule has 2 atom stereocenters. The van der Waals surface area contributed by atoms with Crippen molar-refractivity contribution in [2.45, 2.75) is 19.6 Å². The third-order valence-corrected chi connectivity index (χ3v) is 4.64. The summed E-state index contributed by atoms with van der Waals surface area (Å²) in [6.07, 6.45) is 1.61. The number of nitrogens with one attached hydrogen (secondary N) is 1. The Morgan fingerprint density at radius 3 is 2.71 bits per heavy atom. The summed E-state index contributed by atoms with van der Waals surface area (Å²) < 4.78 is 27.8. The van der Waals surface area contributed by atoms with Crippen LogP contribution in [0.4, 0.5) is 0 Å². The summed E-state index contributed by atoms with van der Waals surface area (Å²) >= 11 is 0. The Morgan fingerprint density at radius 2 is 2.10 bits per heavy atom. The normalized spacial score (nSPS) is 21.1. The minimum atomic E-state index is -3.07. The van der Waals surface area contributed by atoms with Crippen LogP contribution in [-0.2, 0) is 26.0 Å². The van der Waals surface area contributed by atoms with Crippen molar-refractivity contribution in [2.24, 2.45) is 5.92 Å². The average Bonchev–Trinajstić information content (AvgIpc) is 2.82. The standard InChI is InChI=1S/C15H19NO4S/c1-12(9-16-14-7-8-21(18,19)11-14)15(17)20-10-13-5-3-2-4-6-13/h2-8,12,14,16H,9-11H2,1H3. The van der Waals surface area contributed by atoms with Gasteiger partial charge in [-0.3, -0.25) is 4.79 Å². The summed E-state index contributed by atoms with van der Waals surface area (Å²) in [6.45, 7) is 2.40. The van der Waals surface area contributed by atoms with E-state index in [0.717, 1.165) is 5.56 Å². The first-order chi connectivity index (χ1) is 9.96. The van der Waals surface area contributed by atoms with Crippen LogP contribution in [-0.4, -0.2) is 32.7 Å². The Kier molecular flexibility index (Phi) is 5.14. The lowest BCUT2D eigenvalue weighted by Gasteiger charge is -2.15. The van der Waals surface area contributed by atoms with Gasteiger partial charge in [-0.2, -0.15) is 0 Å². The number of benzene rings is 1. The van der Waals surface area contributed by atoms with Gasteiger partial charge in [0, 0.05) is 18.0 Å². The number of hydrogen-bond donors (Lipinski definition) is 1. The average molecular weight is 309 g/mol. The molecular weight excluding hydrogens is 290 g/mol. The van der Waals surface area contributed by atoms with Crippen molar-refractivity contribution in [1.82, 2.24) is 5.32 Å². The van der Waals surface area contributed by atoms with Crippen molar-refractivity contribution in [3.8, 4) is 0 Å². The van der Waals surface area contributed by atoms with Crippen LogP contribution in [0.2, 0.25) is 0 Å². The molecule has 0 fully saturated rings. The van der Waals surface area contributed by atoms with Gasteiger partial charge < -0.3 is 10.1 Å². The molecule has 21 heavy (non-hydrogen) atoms. The second-order valence-electron chi connectivity index (χ2n) is 5.17. The molecule has 2 unspecified atom stereocenters. The van der Waals surface area contributed by atoms with Gasteiger partial charge in [-0.05, 0) is 5.56 Å². The molecule has 0 aromatic heterocycles. The number of hydrogen-bond acceptors (Lipinski definition) is 5. The third-order valence-electron chi connectivity index (χ3n) is 3.24. The van der Waals surface area contributed by atoms with E-state index in [0.29, 0.717) is 6.54 Å². The molecule has 0 saturated heterocycles. The maximum atomic E-state index is 11.9. The number of esters is 1. The van der Waals surface area contributed by atoms with Gasteiger partial charge >= 0.3 is 5.97 Å². The minimum absolute atomic E-state index is 0.0543. The molecule has 0 bridgehead atoms. The van der Waals surface area contributed by atoms with Crippen LogP contribution in [0.25, 0.3) is 0 Å². The van der Waals surface area contributed by atoms with Crippen molar-refractivity contribution in [3.05, 3.63) is 47.4 Å². The van der Waals surface area contributed by atoms with E-state index in [1.54, 1.807) is 13.0 Å². The van der Waals surface area contributed by atoms with Crippen molar-refractivity contribution in [3.63, 3.8) is 0 Å². The lowest BCUT2D eigenvalue weighted by atomic mass is 10.1. The Labute approximate surface area is 124 Å². The van der Waals surface area contributed by atoms with Gasteiger partial charge in [0.25, 0.3) is 0 Å². The molecule has 114 valence electrons. The summed E-state index contributed by atoms with van der Waals surface area (Å²) in [5, 5.41) is 4.26. The predicted octanol–water partition coefficient (Wildman–Crippen LogP) is 1.27. The van der Waals surface area contributed by atoms with Gasteiger partial charge in [0.1, 0.15) is 6.61 Å². The smallest absolute Gasteiger partial charge is 0.310 e. The molecule has 1 heterocycles. The van der Waals surface area contributed by atoms with E-state index in [4.69, 9.17) is 4.74 Å². The molecular formula is C15H19NO4S. The van der Waals surface area contributed by atoms with Crippen LogP contribution < -0.4 is 5.32 Å². The zero-order valence-electron chi connectivity index (χ0n) is 11.9. The topological polar surface area (TPSA) is 72.5 Å². The van der Waals surface area contributed by atoms with E-state index >= 15 is 0 Å². The number of ether oxygens (including phenoxy) is 1. The minimum Gasteiger partial charge on any atom is -0.461 e. The maximum absolute atomic E-state index is 11.9. The van der Waals surface area contributed by atoms with Crippen LogP contribution in [0.1, 0.15) is 12.5 Å². The lowest BCUT2D eigenvalue weighted by Crippen LogP contribution is -2.36. The molecule has 1 aromatic carbocycles. The highest BCUT2D eigenvalue weighted by Gasteiger charge is 2.23. The van der Waals surface area contributed by atoms with Crippen LogP contribution in [0.15, 0.2) is 41.8 Å². The molecule has 0 radical (unpaired) electrons. The molecule has 5 nitrogen and oxygen atoms in total. The molecule has 0 aliphatic carbocycles. The summed E-state index contributed by atoms with van der Waals surface area (Å²) in [6, 6.07) is 9.25. The highest BCUT2D eigenvalue weighted by atomic mass is 32.2. The van der Waals surface area contributed by atoms with Gasteiger partial charge in [0.05, 0.1) is 11.7 Å². The number of carbonyl (C=O) groups excluding carboxylic acids is 1. The molecule has 6 heteroatoms. The molecule has 1 N–H and O–H groups in total. The predicted molar refractivity (Wildman–Crippen MR) is 80.1 cm³/mol. The summed E-state index contributed by atoms with van der Waals surface area (Å²) in [4.78, 5) is 11.9. The quantitative estimate of drug-likeness (QED) is 0.801. The Morgan fingerprint density at radius 1 is 1.38 bits per heavy atom. The maximum Gasteiger partial charge on any atom is 0.310 e. The summed E-state index contributed by atoms with van der Waals surface area (Å²) in [5.41, 5.74) is 0.941. The van der Waals surface area contributed by atoms with E-state index < -0.39 is 9.84 Å². The van der Waals surface area contributed by atoms with E-state index in [1.807, 2.05) is 30.3 Å². The Hall–Kier alpha value is -1.66. The van der Waals surface area contributed by atoms with Gasteiger partial charge in [-0.25, -0.2) is 8.42 Å². The largest absolute Gasteiger partial charge is 0.461 e. The molecule has 2 rings (SSSR count). The number of carbonyl (C=O) groups is 1. The second kappa shape index (κ2) is 6.87. The first-order valence-electron chi connectivity index (χ1n) is 6.81. The van der Waals surface area contributed by atoms with E-state index in [1.165, 1.54) is 5.41 Å². The van der Waals surface area contributed by atoms with Crippen LogP contribution in [0.5, 0.6) is 0 Å². The molecule has 1 aromatic rings. The second-order valence-corrected chi connectivity index (χ2v) is 7.10. The lowest BCUT2D eigenvalue weighted by molar-refractivity contribution is -0.149. The van der Waals surface area contributed by atoms with Gasteiger partial charge in [-0.15, -0.1) is 0 Å². The molecule has 0 saturated carbocycles. The number of rotatable bonds is 6. The van der Waals surface area contributed by atoms with Crippen LogP contribution >= 0.6 is 0 Å². The fourth-order valence-corrected chi connectivity index (χ4v) is 3.26. The fraction of sp³-hybridized carbons (Fsp3) is 0.400.